The largest absolute Gasteiger partial charge is 0.484 e. The van der Waals surface area contributed by atoms with E-state index < -0.39 is 11.7 Å². The van der Waals surface area contributed by atoms with Crippen LogP contribution in [0.2, 0.25) is 0 Å². The average Bonchev–Trinajstić information content (AvgIpc) is 3.41. The summed E-state index contributed by atoms with van der Waals surface area (Å²) in [7, 11) is 1.74. The summed E-state index contributed by atoms with van der Waals surface area (Å²) in [5.74, 6) is 1.60. The second kappa shape index (κ2) is 7.48. The Labute approximate surface area is 175 Å². The summed E-state index contributed by atoms with van der Waals surface area (Å²) in [6.45, 7) is 7.05. The van der Waals surface area contributed by atoms with Gasteiger partial charge in [0.1, 0.15) is 18.5 Å². The molecular weight excluding hydrogens is 390 g/mol. The second-order valence-corrected chi connectivity index (χ2v) is 9.20. The van der Waals surface area contributed by atoms with Crippen molar-refractivity contribution < 1.29 is 24.2 Å². The molecule has 0 unspecified atom stereocenters. The first-order valence-corrected chi connectivity index (χ1v) is 10.4. The Bertz CT molecular complexity index is 837. The van der Waals surface area contributed by atoms with Crippen LogP contribution in [0.25, 0.3) is 0 Å². The maximum atomic E-state index is 12.4. The molecule has 2 aliphatic heterocycles. The molecule has 30 heavy (non-hydrogen) atoms. The van der Waals surface area contributed by atoms with Crippen LogP contribution in [-0.4, -0.2) is 76.6 Å². The fraction of sp³-hybridized carbons (Fsp3) is 0.700. The molecule has 1 aliphatic carbocycles. The molecule has 3 heterocycles. The zero-order valence-corrected chi connectivity index (χ0v) is 17.9. The Kier molecular flexibility index (Phi) is 5.11. The van der Waals surface area contributed by atoms with E-state index in [-0.39, 0.29) is 18.2 Å². The van der Waals surface area contributed by atoms with Crippen molar-refractivity contribution in [3.8, 4) is 5.75 Å². The van der Waals surface area contributed by atoms with Crippen LogP contribution in [0.4, 0.5) is 21.2 Å². The van der Waals surface area contributed by atoms with Crippen molar-refractivity contribution >= 4 is 23.8 Å². The molecule has 1 aromatic heterocycles. The Balaban J connectivity index is 1.52. The summed E-state index contributed by atoms with van der Waals surface area (Å²) in [6.07, 6.45) is 2.77. The Morgan fingerprint density at radius 3 is 2.57 bits per heavy atom. The minimum Gasteiger partial charge on any atom is -0.484 e. The molecule has 4 rings (SSSR count). The molecule has 164 valence electrons. The van der Waals surface area contributed by atoms with Gasteiger partial charge in [0, 0.05) is 20.1 Å². The van der Waals surface area contributed by atoms with Gasteiger partial charge in [0.2, 0.25) is 5.75 Å². The fourth-order valence-electron chi connectivity index (χ4n) is 4.08. The molecule has 3 aliphatic rings. The first-order valence-electron chi connectivity index (χ1n) is 10.4. The number of aromatic nitrogens is 2. The third-order valence-corrected chi connectivity index (χ3v) is 5.79. The summed E-state index contributed by atoms with van der Waals surface area (Å²) in [5, 5.41) is 9.80. The van der Waals surface area contributed by atoms with Crippen LogP contribution in [0.15, 0.2) is 6.33 Å². The third-order valence-electron chi connectivity index (χ3n) is 5.79. The monoisotopic (exact) mass is 419 g/mol. The molecule has 1 saturated carbocycles. The molecule has 1 saturated heterocycles. The number of carboxylic acid groups (broad SMARTS) is 1. The summed E-state index contributed by atoms with van der Waals surface area (Å²) in [4.78, 5) is 38.0. The lowest BCUT2D eigenvalue weighted by molar-refractivity contribution is 0.0237. The SMILES string of the molecule is CN(C(=O)OC(C)(C)C)[C@@H]1CCN(c2ncnc3c2OC[C@@H](C2CC2)N3C(=O)O)C1. The molecule has 0 spiro atoms. The zero-order chi connectivity index (χ0) is 21.6. The first kappa shape index (κ1) is 20.5. The minimum atomic E-state index is -1.02. The predicted molar refractivity (Wildman–Crippen MR) is 109 cm³/mol. The van der Waals surface area contributed by atoms with E-state index in [0.717, 1.165) is 19.3 Å². The van der Waals surface area contributed by atoms with Crippen LogP contribution < -0.4 is 14.5 Å². The molecule has 0 aromatic carbocycles. The van der Waals surface area contributed by atoms with Gasteiger partial charge in [-0.05, 0) is 46.0 Å². The lowest BCUT2D eigenvalue weighted by Crippen LogP contribution is -2.48. The van der Waals surface area contributed by atoms with Crippen molar-refractivity contribution in [1.82, 2.24) is 14.9 Å². The van der Waals surface area contributed by atoms with Gasteiger partial charge in [0.15, 0.2) is 11.6 Å². The van der Waals surface area contributed by atoms with Gasteiger partial charge in [-0.3, -0.25) is 4.90 Å². The molecule has 1 aromatic rings. The predicted octanol–water partition coefficient (Wildman–Crippen LogP) is 2.58. The molecule has 10 nitrogen and oxygen atoms in total. The van der Waals surface area contributed by atoms with E-state index >= 15 is 0 Å². The molecule has 0 radical (unpaired) electrons. The summed E-state index contributed by atoms with van der Waals surface area (Å²) in [5.41, 5.74) is -0.554. The number of carbonyl (C=O) groups is 2. The van der Waals surface area contributed by atoms with Crippen molar-refractivity contribution in [1.29, 1.82) is 0 Å². The van der Waals surface area contributed by atoms with Gasteiger partial charge in [-0.15, -0.1) is 0 Å². The van der Waals surface area contributed by atoms with Crippen molar-refractivity contribution in [3.63, 3.8) is 0 Å². The van der Waals surface area contributed by atoms with Crippen molar-refractivity contribution in [2.45, 2.75) is 57.7 Å². The fourth-order valence-corrected chi connectivity index (χ4v) is 4.08. The van der Waals surface area contributed by atoms with Crippen LogP contribution in [0.5, 0.6) is 5.75 Å². The molecule has 10 heteroatoms. The van der Waals surface area contributed by atoms with E-state index in [4.69, 9.17) is 9.47 Å². The van der Waals surface area contributed by atoms with Crippen LogP contribution >= 0.6 is 0 Å². The minimum absolute atomic E-state index is 0.0381. The molecule has 1 N–H and O–H groups in total. The number of carbonyl (C=O) groups excluding carboxylic acids is 1. The van der Waals surface area contributed by atoms with Gasteiger partial charge in [-0.25, -0.2) is 19.6 Å². The van der Waals surface area contributed by atoms with Gasteiger partial charge in [-0.1, -0.05) is 0 Å². The smallest absolute Gasteiger partial charge is 0.413 e. The van der Waals surface area contributed by atoms with Crippen LogP contribution in [0.1, 0.15) is 40.0 Å². The van der Waals surface area contributed by atoms with E-state index in [9.17, 15) is 14.7 Å². The Morgan fingerprint density at radius 2 is 1.93 bits per heavy atom. The highest BCUT2D eigenvalue weighted by molar-refractivity contribution is 5.89. The second-order valence-electron chi connectivity index (χ2n) is 9.20. The third kappa shape index (κ3) is 3.95. The number of amides is 2. The van der Waals surface area contributed by atoms with E-state index in [1.54, 1.807) is 11.9 Å². The molecular formula is C20H29N5O5. The van der Waals surface area contributed by atoms with Gasteiger partial charge < -0.3 is 24.4 Å². The number of ether oxygens (including phenoxy) is 2. The highest BCUT2D eigenvalue weighted by Gasteiger charge is 2.44. The van der Waals surface area contributed by atoms with Crippen LogP contribution in [-0.2, 0) is 4.74 Å². The molecule has 2 fully saturated rings. The highest BCUT2D eigenvalue weighted by Crippen LogP contribution is 2.45. The number of likely N-dealkylation sites (N-methyl/N-ethyl adjacent to an activating group) is 1. The lowest BCUT2D eigenvalue weighted by atomic mass is 10.1. The van der Waals surface area contributed by atoms with Gasteiger partial charge >= 0.3 is 12.2 Å². The summed E-state index contributed by atoms with van der Waals surface area (Å²) in [6, 6.07) is -0.244. The number of fused-ring (bicyclic) bond motifs is 1. The van der Waals surface area contributed by atoms with Crippen molar-refractivity contribution in [2.75, 3.05) is 36.5 Å². The number of rotatable bonds is 3. The Hall–Kier alpha value is -2.78. The van der Waals surface area contributed by atoms with Gasteiger partial charge in [-0.2, -0.15) is 0 Å². The number of hydrogen-bond acceptors (Lipinski definition) is 7. The number of nitrogens with zero attached hydrogens (tertiary/aromatic N) is 5. The maximum absolute atomic E-state index is 12.4. The lowest BCUT2D eigenvalue weighted by Gasteiger charge is -2.35. The van der Waals surface area contributed by atoms with E-state index in [1.165, 1.54) is 11.2 Å². The number of hydrogen-bond donors (Lipinski definition) is 1. The topological polar surface area (TPSA) is 108 Å². The first-order chi connectivity index (χ1) is 14.2. The van der Waals surface area contributed by atoms with Crippen LogP contribution in [0.3, 0.4) is 0 Å². The van der Waals surface area contributed by atoms with E-state index in [1.807, 2.05) is 25.7 Å². The summed E-state index contributed by atoms with van der Waals surface area (Å²) >= 11 is 0. The van der Waals surface area contributed by atoms with Crippen molar-refractivity contribution in [3.05, 3.63) is 6.33 Å². The standard InChI is InChI=1S/C20H29N5O5/c1-20(2,3)30-19(28)23(4)13-7-8-24(9-13)16-15-17(22-11-21-16)25(18(26)27)14(10-29-15)12-5-6-12/h11-14H,5-10H2,1-4H3,(H,26,27)/t13-,14+/m1/s1. The quantitative estimate of drug-likeness (QED) is 0.796. The van der Waals surface area contributed by atoms with E-state index in [2.05, 4.69) is 9.97 Å². The highest BCUT2D eigenvalue weighted by atomic mass is 16.6. The number of anilines is 2. The average molecular weight is 419 g/mol. The van der Waals surface area contributed by atoms with Gasteiger partial charge in [0.25, 0.3) is 0 Å². The zero-order valence-electron chi connectivity index (χ0n) is 17.9. The normalized spacial score (nSPS) is 23.6. The van der Waals surface area contributed by atoms with E-state index in [0.29, 0.717) is 43.0 Å². The maximum Gasteiger partial charge on any atom is 0.413 e. The van der Waals surface area contributed by atoms with Crippen LogP contribution in [0, 0.1) is 5.92 Å². The van der Waals surface area contributed by atoms with Crippen molar-refractivity contribution in [2.24, 2.45) is 5.92 Å². The molecule has 0 bridgehead atoms. The molecule has 2 amide bonds. The summed E-state index contributed by atoms with van der Waals surface area (Å²) < 4.78 is 11.5. The van der Waals surface area contributed by atoms with Gasteiger partial charge in [0.05, 0.1) is 12.1 Å². The Morgan fingerprint density at radius 1 is 1.23 bits per heavy atom. The molecule has 2 atom stereocenters.